The zero-order valence-electron chi connectivity index (χ0n) is 9.75. The van der Waals surface area contributed by atoms with Crippen molar-refractivity contribution in [2.24, 2.45) is 0 Å². The molecule has 0 heterocycles. The molecule has 1 N–H and O–H groups in total. The maximum absolute atomic E-state index is 13.4. The largest absolute Gasteiger partial charge is 0.380 e. The number of nitriles is 1. The summed E-state index contributed by atoms with van der Waals surface area (Å²) in [6.45, 7) is 0.518. The third kappa shape index (κ3) is 3.34. The third-order valence-electron chi connectivity index (χ3n) is 2.59. The van der Waals surface area contributed by atoms with Crippen molar-refractivity contribution in [3.05, 3.63) is 62.3 Å². The molecule has 2 aromatic carbocycles. The van der Waals surface area contributed by atoms with Gasteiger partial charge in [0, 0.05) is 15.5 Å². The van der Waals surface area contributed by atoms with E-state index in [0.29, 0.717) is 12.2 Å². The lowest BCUT2D eigenvalue weighted by atomic mass is 10.1. The highest BCUT2D eigenvalue weighted by molar-refractivity contribution is 9.13. The Kier molecular flexibility index (Phi) is 4.56. The van der Waals surface area contributed by atoms with Gasteiger partial charge in [-0.3, -0.25) is 0 Å². The van der Waals surface area contributed by atoms with Crippen LogP contribution in [0.15, 0.2) is 45.3 Å². The number of halogens is 3. The molecule has 0 aliphatic heterocycles. The minimum absolute atomic E-state index is 0.0404. The lowest BCUT2D eigenvalue weighted by Crippen LogP contribution is -2.02. The predicted octanol–water partition coefficient (Wildman–Crippen LogP) is 4.83. The monoisotopic (exact) mass is 382 g/mol. The summed E-state index contributed by atoms with van der Waals surface area (Å²) < 4.78 is 15.3. The molecule has 0 radical (unpaired) electrons. The summed E-state index contributed by atoms with van der Waals surface area (Å²) in [5, 5.41) is 12.0. The molecule has 0 aromatic heterocycles. The van der Waals surface area contributed by atoms with Gasteiger partial charge in [0.1, 0.15) is 17.4 Å². The van der Waals surface area contributed by atoms with Gasteiger partial charge >= 0.3 is 0 Å². The van der Waals surface area contributed by atoms with Crippen LogP contribution in [-0.4, -0.2) is 0 Å². The molecular weight excluding hydrogens is 375 g/mol. The van der Waals surface area contributed by atoms with Crippen molar-refractivity contribution in [1.29, 1.82) is 5.26 Å². The average Bonchev–Trinajstić information content (AvgIpc) is 2.40. The summed E-state index contributed by atoms with van der Waals surface area (Å²) >= 11 is 6.82. The van der Waals surface area contributed by atoms with Gasteiger partial charge in [0.05, 0.1) is 5.69 Å². The Hall–Kier alpha value is -1.38. The van der Waals surface area contributed by atoms with Crippen LogP contribution in [0.2, 0.25) is 0 Å². The Labute approximate surface area is 127 Å². The summed E-state index contributed by atoms with van der Waals surface area (Å²) in [6.07, 6.45) is 0. The van der Waals surface area contributed by atoms with Crippen LogP contribution in [0, 0.1) is 17.1 Å². The Bertz CT molecular complexity index is 650. The topological polar surface area (TPSA) is 35.8 Å². The van der Waals surface area contributed by atoms with Crippen molar-refractivity contribution >= 4 is 37.5 Å². The van der Waals surface area contributed by atoms with E-state index in [2.05, 4.69) is 37.2 Å². The maximum atomic E-state index is 13.4. The Morgan fingerprint density at radius 1 is 1.16 bits per heavy atom. The smallest absolute Gasteiger partial charge is 0.143 e. The lowest BCUT2D eigenvalue weighted by molar-refractivity contribution is 0.624. The first-order valence-corrected chi connectivity index (χ1v) is 7.07. The van der Waals surface area contributed by atoms with Crippen molar-refractivity contribution in [2.75, 3.05) is 5.32 Å². The van der Waals surface area contributed by atoms with Crippen molar-refractivity contribution < 1.29 is 4.39 Å². The minimum atomic E-state index is -0.510. The van der Waals surface area contributed by atoms with Gasteiger partial charge in [-0.2, -0.15) is 5.26 Å². The predicted molar refractivity (Wildman–Crippen MR) is 80.3 cm³/mol. The van der Waals surface area contributed by atoms with Gasteiger partial charge in [-0.05, 0) is 61.7 Å². The van der Waals surface area contributed by atoms with Crippen LogP contribution in [0.3, 0.4) is 0 Å². The molecule has 19 heavy (non-hydrogen) atoms. The number of hydrogen-bond acceptors (Lipinski definition) is 2. The van der Waals surface area contributed by atoms with E-state index >= 15 is 0 Å². The van der Waals surface area contributed by atoms with Gasteiger partial charge in [-0.1, -0.05) is 12.1 Å². The first-order valence-electron chi connectivity index (χ1n) is 5.48. The van der Waals surface area contributed by atoms with E-state index in [-0.39, 0.29) is 5.56 Å². The standard InChI is InChI=1S/C14H9Br2FN2/c15-11-5-4-9(6-12(11)16)8-19-14-3-1-2-13(17)10(14)7-18/h1-6,19H,8H2. The highest BCUT2D eigenvalue weighted by atomic mass is 79.9. The molecule has 0 unspecified atom stereocenters. The lowest BCUT2D eigenvalue weighted by Gasteiger charge is -2.09. The molecule has 0 bridgehead atoms. The van der Waals surface area contributed by atoms with Gasteiger partial charge in [-0.25, -0.2) is 4.39 Å². The molecule has 0 fully saturated rings. The molecule has 2 aromatic rings. The van der Waals surface area contributed by atoms with Crippen molar-refractivity contribution in [1.82, 2.24) is 0 Å². The van der Waals surface area contributed by atoms with E-state index in [4.69, 9.17) is 5.26 Å². The fourth-order valence-corrected chi connectivity index (χ4v) is 2.30. The first-order chi connectivity index (χ1) is 9.11. The molecule has 5 heteroatoms. The second-order valence-corrected chi connectivity index (χ2v) is 5.58. The van der Waals surface area contributed by atoms with Crippen molar-refractivity contribution in [3.63, 3.8) is 0 Å². The maximum Gasteiger partial charge on any atom is 0.143 e. The zero-order valence-corrected chi connectivity index (χ0v) is 12.9. The van der Waals surface area contributed by atoms with Gasteiger partial charge in [0.25, 0.3) is 0 Å². The van der Waals surface area contributed by atoms with Crippen LogP contribution < -0.4 is 5.32 Å². The van der Waals surface area contributed by atoms with Crippen LogP contribution in [0.1, 0.15) is 11.1 Å². The molecule has 0 spiro atoms. The number of nitrogens with zero attached hydrogens (tertiary/aromatic N) is 1. The number of rotatable bonds is 3. The Balaban J connectivity index is 2.17. The van der Waals surface area contributed by atoms with E-state index in [1.54, 1.807) is 12.1 Å². The summed E-state index contributed by atoms with van der Waals surface area (Å²) in [5.41, 5.74) is 1.57. The second-order valence-electron chi connectivity index (χ2n) is 3.88. The fourth-order valence-electron chi connectivity index (χ4n) is 1.63. The van der Waals surface area contributed by atoms with Crippen LogP contribution in [-0.2, 0) is 6.54 Å². The summed E-state index contributed by atoms with van der Waals surface area (Å²) in [5.74, 6) is -0.510. The summed E-state index contributed by atoms with van der Waals surface area (Å²) in [7, 11) is 0. The molecule has 0 saturated carbocycles. The Morgan fingerprint density at radius 2 is 1.95 bits per heavy atom. The Morgan fingerprint density at radius 3 is 2.63 bits per heavy atom. The second kappa shape index (κ2) is 6.18. The summed E-state index contributed by atoms with van der Waals surface area (Å²) in [6, 6.07) is 12.3. The minimum Gasteiger partial charge on any atom is -0.380 e. The van der Waals surface area contributed by atoms with Gasteiger partial charge < -0.3 is 5.32 Å². The number of nitrogens with one attached hydrogen (secondary N) is 1. The molecule has 96 valence electrons. The van der Waals surface area contributed by atoms with Crippen molar-refractivity contribution in [2.45, 2.75) is 6.54 Å². The van der Waals surface area contributed by atoms with E-state index in [9.17, 15) is 4.39 Å². The van der Waals surface area contributed by atoms with E-state index in [1.165, 1.54) is 6.07 Å². The molecule has 2 nitrogen and oxygen atoms in total. The SMILES string of the molecule is N#Cc1c(F)cccc1NCc1ccc(Br)c(Br)c1. The molecule has 0 atom stereocenters. The van der Waals surface area contributed by atoms with E-state index in [1.807, 2.05) is 24.3 Å². The zero-order chi connectivity index (χ0) is 13.8. The van der Waals surface area contributed by atoms with Crippen LogP contribution in [0.5, 0.6) is 0 Å². The van der Waals surface area contributed by atoms with Gasteiger partial charge in [0.2, 0.25) is 0 Å². The molecule has 0 amide bonds. The quantitative estimate of drug-likeness (QED) is 0.823. The molecular formula is C14H9Br2FN2. The summed E-state index contributed by atoms with van der Waals surface area (Å²) in [4.78, 5) is 0. The van der Waals surface area contributed by atoms with Crippen LogP contribution in [0.25, 0.3) is 0 Å². The average molecular weight is 384 g/mol. The number of hydrogen-bond donors (Lipinski definition) is 1. The third-order valence-corrected chi connectivity index (χ3v) is 4.47. The molecule has 0 aliphatic carbocycles. The molecule has 0 aliphatic rings. The normalized spacial score (nSPS) is 10.0. The van der Waals surface area contributed by atoms with Crippen LogP contribution in [0.4, 0.5) is 10.1 Å². The fraction of sp³-hybridized carbons (Fsp3) is 0.0714. The van der Waals surface area contributed by atoms with Gasteiger partial charge in [-0.15, -0.1) is 0 Å². The number of anilines is 1. The van der Waals surface area contributed by atoms with Crippen LogP contribution >= 0.6 is 31.9 Å². The molecule has 2 rings (SSSR count). The van der Waals surface area contributed by atoms with Gasteiger partial charge in [0.15, 0.2) is 0 Å². The molecule has 0 saturated heterocycles. The van der Waals surface area contributed by atoms with E-state index < -0.39 is 5.82 Å². The highest BCUT2D eigenvalue weighted by Gasteiger charge is 2.07. The van der Waals surface area contributed by atoms with Crippen molar-refractivity contribution in [3.8, 4) is 6.07 Å². The first kappa shape index (κ1) is 14.0. The van der Waals surface area contributed by atoms with E-state index in [0.717, 1.165) is 14.5 Å². The number of benzene rings is 2. The highest BCUT2D eigenvalue weighted by Crippen LogP contribution is 2.25.